The Morgan fingerprint density at radius 1 is 1.05 bits per heavy atom. The Morgan fingerprint density at radius 2 is 1.80 bits per heavy atom. The number of hydrogen-bond acceptors (Lipinski definition) is 8. The van der Waals surface area contributed by atoms with Crippen molar-refractivity contribution in [2.24, 2.45) is 0 Å². The number of thiazole rings is 1. The molecule has 4 rings (SSSR count). The molecule has 0 spiro atoms. The first-order valence-corrected chi connectivity index (χ1v) is 15.2. The van der Waals surface area contributed by atoms with Gasteiger partial charge in [0.15, 0.2) is 0 Å². The second kappa shape index (κ2) is 15.3. The highest BCUT2D eigenvalue weighted by Crippen LogP contribution is 2.20. The van der Waals surface area contributed by atoms with Crippen LogP contribution < -0.4 is 10.2 Å². The molecule has 2 amide bonds. The normalized spacial score (nSPS) is 12.7. The first-order valence-electron chi connectivity index (χ1n) is 14.3. The zero-order valence-corrected chi connectivity index (χ0v) is 26.5. The summed E-state index contributed by atoms with van der Waals surface area (Å²) in [5.41, 5.74) is 5.29. The molecule has 0 aliphatic heterocycles. The van der Waals surface area contributed by atoms with Crippen LogP contribution in [0, 0.1) is 6.92 Å². The summed E-state index contributed by atoms with van der Waals surface area (Å²) in [4.78, 5) is 39.0. The first-order chi connectivity index (χ1) is 21.1. The van der Waals surface area contributed by atoms with E-state index >= 15 is 0 Å². The van der Waals surface area contributed by atoms with E-state index < -0.39 is 12.1 Å². The maximum Gasteiger partial charge on any atom is 0.253 e. The Hall–Kier alpha value is -4.54. The molecule has 2 N–H and O–H groups in total. The van der Waals surface area contributed by atoms with E-state index in [1.54, 1.807) is 62.0 Å². The van der Waals surface area contributed by atoms with E-state index in [1.807, 2.05) is 67.6 Å². The number of likely N-dealkylation sites (N-methyl/N-ethyl adjacent to an activating group) is 1. The number of carbonyl (C=O) groups is 2. The Bertz CT molecular complexity index is 1590. The standard InChI is InChI=1S/C34H39N5O4S/c1-23(21-43-5)28-16-29(18-35-17-28)38(3)19-31(40)30(14-25-10-7-6-8-11-25)37-33(41)26-12-9-13-27(15-26)34(42)39(4)20-32-36-24(2)22-44-32/h6-13,15-18,21-22,30-31,40H,14,19-20H2,1-5H3,(H,37,41)/b23-21-/t30-,31+/m0/s1. The van der Waals surface area contributed by atoms with Crippen LogP contribution in [0.3, 0.4) is 0 Å². The fourth-order valence-electron chi connectivity index (χ4n) is 4.78. The van der Waals surface area contributed by atoms with Crippen molar-refractivity contribution in [2.75, 3.05) is 32.6 Å². The van der Waals surface area contributed by atoms with E-state index in [0.29, 0.717) is 24.1 Å². The monoisotopic (exact) mass is 613 g/mol. The molecular weight excluding hydrogens is 574 g/mol. The quantitative estimate of drug-likeness (QED) is 0.205. The molecule has 0 aliphatic carbocycles. The van der Waals surface area contributed by atoms with Crippen LogP contribution in [0.4, 0.5) is 5.69 Å². The highest BCUT2D eigenvalue weighted by molar-refractivity contribution is 7.09. The minimum absolute atomic E-state index is 0.207. The van der Waals surface area contributed by atoms with Crippen LogP contribution in [0.1, 0.15) is 49.5 Å². The van der Waals surface area contributed by atoms with Gasteiger partial charge in [0.25, 0.3) is 11.8 Å². The first kappa shape index (κ1) is 32.4. The molecule has 44 heavy (non-hydrogen) atoms. The molecule has 0 saturated carbocycles. The van der Waals surface area contributed by atoms with Gasteiger partial charge in [0, 0.05) is 54.6 Å². The average molecular weight is 614 g/mol. The molecule has 2 aromatic carbocycles. The average Bonchev–Trinajstić information content (AvgIpc) is 3.44. The summed E-state index contributed by atoms with van der Waals surface area (Å²) in [6.45, 7) is 4.48. The van der Waals surface area contributed by atoms with Gasteiger partial charge in [-0.3, -0.25) is 14.6 Å². The van der Waals surface area contributed by atoms with Crippen molar-refractivity contribution >= 4 is 34.4 Å². The van der Waals surface area contributed by atoms with Gasteiger partial charge in [-0.05, 0) is 55.7 Å². The smallest absolute Gasteiger partial charge is 0.253 e. The van der Waals surface area contributed by atoms with Crippen LogP contribution in [0.5, 0.6) is 0 Å². The Balaban J connectivity index is 1.49. The lowest BCUT2D eigenvalue weighted by molar-refractivity contribution is 0.0784. The number of rotatable bonds is 13. The van der Waals surface area contributed by atoms with Gasteiger partial charge in [0.05, 0.1) is 43.9 Å². The molecule has 10 heteroatoms. The highest BCUT2D eigenvalue weighted by Gasteiger charge is 2.25. The molecule has 0 bridgehead atoms. The number of aliphatic hydroxyl groups excluding tert-OH is 1. The molecule has 0 radical (unpaired) electrons. The molecule has 2 atom stereocenters. The highest BCUT2D eigenvalue weighted by atomic mass is 32.1. The number of anilines is 1. The van der Waals surface area contributed by atoms with Gasteiger partial charge in [-0.2, -0.15) is 0 Å². The van der Waals surface area contributed by atoms with Crippen molar-refractivity contribution in [1.82, 2.24) is 20.2 Å². The topological polar surface area (TPSA) is 108 Å². The molecular formula is C34H39N5O4S. The SMILES string of the molecule is CO/C=C(/C)c1cncc(N(C)C[C@@H](O)[C@H](Cc2ccccc2)NC(=O)c2cccc(C(=O)N(C)Cc3nc(C)cs3)c2)c1. The van der Waals surface area contributed by atoms with Gasteiger partial charge in [0.1, 0.15) is 5.01 Å². The number of ether oxygens (including phenoxy) is 1. The third kappa shape index (κ3) is 8.75. The lowest BCUT2D eigenvalue weighted by atomic mass is 9.99. The van der Waals surface area contributed by atoms with Gasteiger partial charge in [-0.1, -0.05) is 36.4 Å². The predicted molar refractivity (Wildman–Crippen MR) is 175 cm³/mol. The number of amides is 2. The van der Waals surface area contributed by atoms with E-state index in [1.165, 1.54) is 11.3 Å². The molecule has 0 saturated heterocycles. The zero-order valence-electron chi connectivity index (χ0n) is 25.7. The fraction of sp³-hybridized carbons (Fsp3) is 0.294. The molecule has 2 aromatic heterocycles. The van der Waals surface area contributed by atoms with Gasteiger partial charge in [0.2, 0.25) is 0 Å². The second-order valence-corrected chi connectivity index (χ2v) is 11.8. The van der Waals surface area contributed by atoms with Crippen molar-refractivity contribution in [3.63, 3.8) is 0 Å². The van der Waals surface area contributed by atoms with Crippen molar-refractivity contribution < 1.29 is 19.4 Å². The Labute approximate surface area is 262 Å². The molecule has 2 heterocycles. The number of nitrogens with zero attached hydrogens (tertiary/aromatic N) is 4. The van der Waals surface area contributed by atoms with Crippen LogP contribution in [0.25, 0.3) is 5.57 Å². The van der Waals surface area contributed by atoms with E-state index in [-0.39, 0.29) is 18.4 Å². The third-order valence-electron chi connectivity index (χ3n) is 7.21. The zero-order chi connectivity index (χ0) is 31.6. The lowest BCUT2D eigenvalue weighted by Gasteiger charge is -2.29. The van der Waals surface area contributed by atoms with Crippen molar-refractivity contribution in [3.05, 3.63) is 118 Å². The minimum Gasteiger partial charge on any atom is -0.504 e. The summed E-state index contributed by atoms with van der Waals surface area (Å²) < 4.78 is 5.13. The van der Waals surface area contributed by atoms with E-state index in [9.17, 15) is 14.7 Å². The Morgan fingerprint density at radius 3 is 2.50 bits per heavy atom. The van der Waals surface area contributed by atoms with E-state index in [4.69, 9.17) is 4.74 Å². The second-order valence-electron chi connectivity index (χ2n) is 10.8. The summed E-state index contributed by atoms with van der Waals surface area (Å²) in [6.07, 6.45) is 4.65. The minimum atomic E-state index is -0.916. The number of aliphatic hydroxyl groups is 1. The maximum atomic E-state index is 13.5. The van der Waals surface area contributed by atoms with E-state index in [2.05, 4.69) is 15.3 Å². The third-order valence-corrected chi connectivity index (χ3v) is 8.16. The van der Waals surface area contributed by atoms with Gasteiger partial charge >= 0.3 is 0 Å². The summed E-state index contributed by atoms with van der Waals surface area (Å²) in [7, 11) is 5.19. The van der Waals surface area contributed by atoms with Crippen molar-refractivity contribution in [2.45, 2.75) is 39.0 Å². The van der Waals surface area contributed by atoms with Gasteiger partial charge < -0.3 is 25.0 Å². The Kier molecular flexibility index (Phi) is 11.2. The van der Waals surface area contributed by atoms with E-state index in [0.717, 1.165) is 33.1 Å². The number of nitrogens with one attached hydrogen (secondary N) is 1. The van der Waals surface area contributed by atoms with Crippen LogP contribution in [-0.4, -0.2) is 71.7 Å². The maximum absolute atomic E-state index is 13.5. The number of hydrogen-bond donors (Lipinski definition) is 2. The van der Waals surface area contributed by atoms with Crippen LogP contribution in [0.2, 0.25) is 0 Å². The molecule has 9 nitrogen and oxygen atoms in total. The number of pyridine rings is 1. The lowest BCUT2D eigenvalue weighted by Crippen LogP contribution is -2.49. The van der Waals surface area contributed by atoms with Crippen LogP contribution in [0.15, 0.2) is 84.7 Å². The largest absolute Gasteiger partial charge is 0.504 e. The number of methoxy groups -OCH3 is 1. The predicted octanol–water partition coefficient (Wildman–Crippen LogP) is 4.96. The molecule has 0 fully saturated rings. The number of aromatic nitrogens is 2. The fourth-order valence-corrected chi connectivity index (χ4v) is 5.60. The van der Waals surface area contributed by atoms with Crippen LogP contribution >= 0.6 is 11.3 Å². The summed E-state index contributed by atoms with van der Waals surface area (Å²) in [5.74, 6) is -0.578. The summed E-state index contributed by atoms with van der Waals surface area (Å²) in [6, 6.07) is 17.7. The number of aryl methyl sites for hydroxylation is 1. The van der Waals surface area contributed by atoms with Gasteiger partial charge in [-0.25, -0.2) is 4.98 Å². The van der Waals surface area contributed by atoms with Crippen molar-refractivity contribution in [3.8, 4) is 0 Å². The molecule has 4 aromatic rings. The molecule has 230 valence electrons. The van der Waals surface area contributed by atoms with Gasteiger partial charge in [-0.15, -0.1) is 11.3 Å². The summed E-state index contributed by atoms with van der Waals surface area (Å²) in [5, 5.41) is 17.3. The van der Waals surface area contributed by atoms with Crippen molar-refractivity contribution in [1.29, 1.82) is 0 Å². The number of allylic oxidation sites excluding steroid dienone is 1. The molecule has 0 unspecified atom stereocenters. The summed E-state index contributed by atoms with van der Waals surface area (Å²) >= 11 is 1.51. The van der Waals surface area contributed by atoms with Crippen LogP contribution in [-0.2, 0) is 17.7 Å². The molecule has 0 aliphatic rings. The number of carbonyl (C=O) groups excluding carboxylic acids is 2. The number of benzene rings is 2.